The van der Waals surface area contributed by atoms with Crippen molar-refractivity contribution >= 4 is 17.6 Å². The second-order valence-corrected chi connectivity index (χ2v) is 6.97. The summed E-state index contributed by atoms with van der Waals surface area (Å²) >= 11 is 5.92. The summed E-state index contributed by atoms with van der Waals surface area (Å²) < 4.78 is 12.5. The number of hydrogen-bond acceptors (Lipinski definition) is 4. The van der Waals surface area contributed by atoms with Crippen LogP contribution in [-0.4, -0.2) is 22.9 Å². The van der Waals surface area contributed by atoms with E-state index in [-0.39, 0.29) is 11.9 Å². The molecule has 1 aromatic heterocycles. The van der Waals surface area contributed by atoms with Crippen LogP contribution in [0.25, 0.3) is 5.69 Å². The van der Waals surface area contributed by atoms with E-state index in [0.29, 0.717) is 18.1 Å². The van der Waals surface area contributed by atoms with Gasteiger partial charge in [0.25, 0.3) is 0 Å². The van der Waals surface area contributed by atoms with E-state index < -0.39 is 0 Å². The number of methoxy groups -OCH3 is 1. The van der Waals surface area contributed by atoms with Crippen LogP contribution in [0.3, 0.4) is 0 Å². The average Bonchev–Trinajstić information content (AvgIpc) is 3.20. The average molecular weight is 399 g/mol. The van der Waals surface area contributed by atoms with Crippen molar-refractivity contribution in [2.45, 2.75) is 26.4 Å². The Hall–Kier alpha value is -2.79. The third-order valence-electron chi connectivity index (χ3n) is 4.57. The SMILES string of the molecule is CCC(Cc1ccc(OCc2cnn(-c3ccc(Cl)cc3)c2)cc1)C(=O)OC. The first-order chi connectivity index (χ1) is 13.6. The predicted octanol–water partition coefficient (Wildman–Crippen LogP) is 4.85. The van der Waals surface area contributed by atoms with Gasteiger partial charge in [-0.1, -0.05) is 30.7 Å². The van der Waals surface area contributed by atoms with Crippen molar-refractivity contribution < 1.29 is 14.3 Å². The monoisotopic (exact) mass is 398 g/mol. The number of carbonyl (C=O) groups is 1. The molecule has 0 aliphatic carbocycles. The fraction of sp³-hybridized carbons (Fsp3) is 0.273. The van der Waals surface area contributed by atoms with E-state index in [1.165, 1.54) is 7.11 Å². The number of esters is 1. The Morgan fingerprint density at radius 1 is 1.11 bits per heavy atom. The summed E-state index contributed by atoms with van der Waals surface area (Å²) in [7, 11) is 1.43. The van der Waals surface area contributed by atoms with Crippen LogP contribution in [0.5, 0.6) is 5.75 Å². The van der Waals surface area contributed by atoms with E-state index >= 15 is 0 Å². The quantitative estimate of drug-likeness (QED) is 0.509. The molecule has 1 unspecified atom stereocenters. The zero-order chi connectivity index (χ0) is 19.9. The highest BCUT2D eigenvalue weighted by Crippen LogP contribution is 2.19. The summed E-state index contributed by atoms with van der Waals surface area (Å²) in [4.78, 5) is 11.7. The number of benzene rings is 2. The van der Waals surface area contributed by atoms with Gasteiger partial charge in [0.15, 0.2) is 0 Å². The van der Waals surface area contributed by atoms with Crippen LogP contribution in [0, 0.1) is 5.92 Å². The Morgan fingerprint density at radius 3 is 2.46 bits per heavy atom. The number of halogens is 1. The Bertz CT molecular complexity index is 904. The molecule has 2 aromatic carbocycles. The summed E-state index contributed by atoms with van der Waals surface area (Å²) in [5.74, 6) is 0.491. The molecule has 0 saturated heterocycles. The largest absolute Gasteiger partial charge is 0.489 e. The number of carbonyl (C=O) groups excluding carboxylic acids is 1. The molecule has 28 heavy (non-hydrogen) atoms. The maximum Gasteiger partial charge on any atom is 0.308 e. The highest BCUT2D eigenvalue weighted by molar-refractivity contribution is 6.30. The van der Waals surface area contributed by atoms with Crippen LogP contribution in [0.2, 0.25) is 5.02 Å². The first-order valence-electron chi connectivity index (χ1n) is 9.18. The van der Waals surface area contributed by atoms with E-state index in [1.807, 2.05) is 61.7 Å². The van der Waals surface area contributed by atoms with Gasteiger partial charge < -0.3 is 9.47 Å². The molecule has 1 atom stereocenters. The fourth-order valence-electron chi connectivity index (χ4n) is 2.90. The van der Waals surface area contributed by atoms with Crippen molar-refractivity contribution in [3.8, 4) is 11.4 Å². The molecule has 0 amide bonds. The molecule has 0 bridgehead atoms. The van der Waals surface area contributed by atoms with E-state index in [4.69, 9.17) is 21.1 Å². The minimum absolute atomic E-state index is 0.115. The summed E-state index contributed by atoms with van der Waals surface area (Å²) in [5.41, 5.74) is 2.99. The lowest BCUT2D eigenvalue weighted by atomic mass is 9.97. The van der Waals surface area contributed by atoms with Crippen LogP contribution >= 0.6 is 11.6 Å². The van der Waals surface area contributed by atoms with Gasteiger partial charge in [-0.2, -0.15) is 5.10 Å². The van der Waals surface area contributed by atoms with Gasteiger partial charge in [-0.25, -0.2) is 4.68 Å². The van der Waals surface area contributed by atoms with Crippen LogP contribution in [0.4, 0.5) is 0 Å². The van der Waals surface area contributed by atoms with Crippen LogP contribution in [-0.2, 0) is 22.6 Å². The van der Waals surface area contributed by atoms with Gasteiger partial charge in [0.2, 0.25) is 0 Å². The summed E-state index contributed by atoms with van der Waals surface area (Å²) in [6, 6.07) is 15.3. The lowest BCUT2D eigenvalue weighted by molar-refractivity contribution is -0.145. The molecule has 0 N–H and O–H groups in total. The van der Waals surface area contributed by atoms with Crippen LogP contribution < -0.4 is 4.74 Å². The molecule has 6 heteroatoms. The van der Waals surface area contributed by atoms with Gasteiger partial charge in [-0.3, -0.25) is 4.79 Å². The molecule has 0 spiro atoms. The van der Waals surface area contributed by atoms with Crippen LogP contribution in [0.1, 0.15) is 24.5 Å². The van der Waals surface area contributed by atoms with E-state index in [1.54, 1.807) is 10.9 Å². The Labute approximate surface area is 169 Å². The van der Waals surface area contributed by atoms with Crippen molar-refractivity contribution in [3.05, 3.63) is 77.1 Å². The molecule has 0 aliphatic rings. The molecule has 0 radical (unpaired) electrons. The maximum absolute atomic E-state index is 11.7. The molecule has 5 nitrogen and oxygen atoms in total. The Balaban J connectivity index is 1.56. The molecule has 3 aromatic rings. The van der Waals surface area contributed by atoms with Gasteiger partial charge in [0.1, 0.15) is 12.4 Å². The topological polar surface area (TPSA) is 53.4 Å². The van der Waals surface area contributed by atoms with Crippen molar-refractivity contribution in [2.24, 2.45) is 5.92 Å². The second-order valence-electron chi connectivity index (χ2n) is 6.53. The first kappa shape index (κ1) is 20.0. The molecule has 0 aliphatic heterocycles. The Morgan fingerprint density at radius 2 is 1.82 bits per heavy atom. The fourth-order valence-corrected chi connectivity index (χ4v) is 3.03. The minimum Gasteiger partial charge on any atom is -0.489 e. The van der Waals surface area contributed by atoms with Gasteiger partial charge in [0.05, 0.1) is 24.9 Å². The number of nitrogens with zero attached hydrogens (tertiary/aromatic N) is 2. The van der Waals surface area contributed by atoms with Gasteiger partial charge in [0, 0.05) is 16.8 Å². The van der Waals surface area contributed by atoms with E-state index in [9.17, 15) is 4.79 Å². The number of hydrogen-bond donors (Lipinski definition) is 0. The second kappa shape index (κ2) is 9.42. The summed E-state index contributed by atoms with van der Waals surface area (Å²) in [6.45, 7) is 2.41. The van der Waals surface area contributed by atoms with Crippen LogP contribution in [0.15, 0.2) is 60.9 Å². The van der Waals surface area contributed by atoms with Gasteiger partial charge >= 0.3 is 5.97 Å². The summed E-state index contributed by atoms with van der Waals surface area (Å²) in [6.07, 6.45) is 5.13. The third kappa shape index (κ3) is 5.14. The highest BCUT2D eigenvalue weighted by atomic mass is 35.5. The standard InChI is InChI=1S/C22H23ClN2O3/c1-3-18(22(26)27-2)12-16-4-10-21(11-5-16)28-15-17-13-24-25(14-17)20-8-6-19(23)7-9-20/h4-11,13-14,18H,3,12,15H2,1-2H3. The lowest BCUT2D eigenvalue weighted by Crippen LogP contribution is -2.17. The predicted molar refractivity (Wildman–Crippen MR) is 109 cm³/mol. The molecular formula is C22H23ClN2O3. The molecule has 146 valence electrons. The maximum atomic E-state index is 11.7. The molecule has 3 rings (SSSR count). The first-order valence-corrected chi connectivity index (χ1v) is 9.56. The normalized spacial score (nSPS) is 11.8. The number of aromatic nitrogens is 2. The Kier molecular flexibility index (Phi) is 6.71. The summed E-state index contributed by atoms with van der Waals surface area (Å²) in [5, 5.41) is 5.05. The lowest BCUT2D eigenvalue weighted by Gasteiger charge is -2.12. The minimum atomic E-state index is -0.166. The third-order valence-corrected chi connectivity index (χ3v) is 4.82. The number of ether oxygens (including phenoxy) is 2. The zero-order valence-corrected chi connectivity index (χ0v) is 16.7. The zero-order valence-electron chi connectivity index (χ0n) is 16.0. The highest BCUT2D eigenvalue weighted by Gasteiger charge is 2.17. The molecule has 0 saturated carbocycles. The van der Waals surface area contributed by atoms with Gasteiger partial charge in [-0.05, 0) is 54.8 Å². The smallest absolute Gasteiger partial charge is 0.308 e. The number of rotatable bonds is 8. The van der Waals surface area contributed by atoms with Crippen molar-refractivity contribution in [1.82, 2.24) is 9.78 Å². The molecule has 1 heterocycles. The van der Waals surface area contributed by atoms with Crippen molar-refractivity contribution in [1.29, 1.82) is 0 Å². The molecule has 0 fully saturated rings. The van der Waals surface area contributed by atoms with Gasteiger partial charge in [-0.15, -0.1) is 0 Å². The van der Waals surface area contributed by atoms with Crippen molar-refractivity contribution in [3.63, 3.8) is 0 Å². The van der Waals surface area contributed by atoms with E-state index in [0.717, 1.165) is 29.0 Å². The molecular weight excluding hydrogens is 376 g/mol. The van der Waals surface area contributed by atoms with Crippen molar-refractivity contribution in [2.75, 3.05) is 7.11 Å². The van der Waals surface area contributed by atoms with E-state index in [2.05, 4.69) is 5.10 Å².